The second-order valence-corrected chi connectivity index (χ2v) is 8.75. The molecular formula is C25H35NO3. The molecule has 0 aliphatic carbocycles. The van der Waals surface area contributed by atoms with Gasteiger partial charge in [-0.25, -0.2) is 0 Å². The van der Waals surface area contributed by atoms with E-state index in [9.17, 15) is 4.79 Å². The van der Waals surface area contributed by atoms with E-state index in [1.807, 2.05) is 24.0 Å². The Labute approximate surface area is 175 Å². The summed E-state index contributed by atoms with van der Waals surface area (Å²) in [7, 11) is 0. The molecule has 2 atom stereocenters. The second-order valence-electron chi connectivity index (χ2n) is 8.75. The van der Waals surface area contributed by atoms with Gasteiger partial charge in [0, 0.05) is 25.0 Å². The van der Waals surface area contributed by atoms with Crippen molar-refractivity contribution in [3.05, 3.63) is 59.5 Å². The summed E-state index contributed by atoms with van der Waals surface area (Å²) in [4.78, 5) is 14.6. The average Bonchev–Trinajstić information content (AvgIpc) is 3.24. The summed E-state index contributed by atoms with van der Waals surface area (Å²) < 4.78 is 11.6. The van der Waals surface area contributed by atoms with Gasteiger partial charge in [0.2, 0.25) is 5.91 Å². The van der Waals surface area contributed by atoms with E-state index in [1.165, 1.54) is 11.1 Å². The Morgan fingerprint density at radius 2 is 2.00 bits per heavy atom. The third-order valence-electron chi connectivity index (χ3n) is 6.35. The van der Waals surface area contributed by atoms with Gasteiger partial charge in [-0.05, 0) is 49.8 Å². The molecule has 4 nitrogen and oxygen atoms in total. The third kappa shape index (κ3) is 5.30. The minimum atomic E-state index is 0.0380. The van der Waals surface area contributed by atoms with Crippen molar-refractivity contribution in [2.45, 2.75) is 71.4 Å². The Morgan fingerprint density at radius 3 is 2.62 bits per heavy atom. The first-order valence-electron chi connectivity index (χ1n) is 10.9. The fourth-order valence-electron chi connectivity index (χ4n) is 4.38. The molecule has 0 N–H and O–H groups in total. The van der Waals surface area contributed by atoms with Crippen molar-refractivity contribution in [1.82, 2.24) is 4.90 Å². The maximum Gasteiger partial charge on any atom is 0.222 e. The predicted octanol–water partition coefficient (Wildman–Crippen LogP) is 5.49. The summed E-state index contributed by atoms with van der Waals surface area (Å²) in [6.45, 7) is 10.6. The largest absolute Gasteiger partial charge is 0.467 e. The van der Waals surface area contributed by atoms with Crippen LogP contribution in [0.4, 0.5) is 0 Å². The molecule has 2 aromatic rings. The summed E-state index contributed by atoms with van der Waals surface area (Å²) in [5, 5.41) is 0. The number of hydrogen-bond acceptors (Lipinski definition) is 3. The van der Waals surface area contributed by atoms with Crippen LogP contribution < -0.4 is 0 Å². The maximum atomic E-state index is 12.6. The molecule has 0 unspecified atom stereocenters. The molecule has 0 saturated carbocycles. The SMILES string of the molecule is CCC(=O)N(CC[C@@]1(c2ccc(C)cc2)CCO[C@H](C(C)C)C1)Cc1ccco1. The van der Waals surface area contributed by atoms with Gasteiger partial charge >= 0.3 is 0 Å². The molecule has 1 aliphatic heterocycles. The summed E-state index contributed by atoms with van der Waals surface area (Å²) >= 11 is 0. The summed E-state index contributed by atoms with van der Waals surface area (Å²) in [6, 6.07) is 12.8. The molecule has 29 heavy (non-hydrogen) atoms. The molecule has 1 aliphatic rings. The zero-order valence-electron chi connectivity index (χ0n) is 18.3. The molecule has 3 rings (SSSR count). The smallest absolute Gasteiger partial charge is 0.222 e. The van der Waals surface area contributed by atoms with E-state index in [0.29, 0.717) is 18.9 Å². The molecule has 0 spiro atoms. The maximum absolute atomic E-state index is 12.6. The lowest BCUT2D eigenvalue weighted by Crippen LogP contribution is -2.43. The highest BCUT2D eigenvalue weighted by atomic mass is 16.5. The molecule has 1 aromatic heterocycles. The first kappa shape index (κ1) is 21.6. The van der Waals surface area contributed by atoms with E-state index in [-0.39, 0.29) is 17.4 Å². The van der Waals surface area contributed by atoms with Gasteiger partial charge < -0.3 is 14.1 Å². The number of carbonyl (C=O) groups is 1. The van der Waals surface area contributed by atoms with E-state index in [4.69, 9.17) is 9.15 Å². The van der Waals surface area contributed by atoms with Crippen LogP contribution in [0.2, 0.25) is 0 Å². The third-order valence-corrected chi connectivity index (χ3v) is 6.35. The van der Waals surface area contributed by atoms with Crippen LogP contribution >= 0.6 is 0 Å². The number of benzene rings is 1. The molecule has 1 saturated heterocycles. The van der Waals surface area contributed by atoms with E-state index in [2.05, 4.69) is 45.0 Å². The first-order chi connectivity index (χ1) is 13.9. The van der Waals surface area contributed by atoms with Crippen molar-refractivity contribution < 1.29 is 13.9 Å². The van der Waals surface area contributed by atoms with Crippen LogP contribution in [0, 0.1) is 12.8 Å². The van der Waals surface area contributed by atoms with Crippen molar-refractivity contribution in [3.8, 4) is 0 Å². The molecule has 1 fully saturated rings. The van der Waals surface area contributed by atoms with E-state index in [0.717, 1.165) is 38.2 Å². The summed E-state index contributed by atoms with van der Waals surface area (Å²) in [5.41, 5.74) is 2.69. The number of rotatable bonds is 8. The normalized spacial score (nSPS) is 22.0. The fraction of sp³-hybridized carbons (Fsp3) is 0.560. The van der Waals surface area contributed by atoms with E-state index in [1.54, 1.807) is 6.26 Å². The lowest BCUT2D eigenvalue weighted by Gasteiger charge is -2.44. The number of carbonyl (C=O) groups excluding carboxylic acids is 1. The van der Waals surface area contributed by atoms with Crippen LogP contribution in [0.5, 0.6) is 0 Å². The van der Waals surface area contributed by atoms with Crippen LogP contribution in [0.3, 0.4) is 0 Å². The Hall–Kier alpha value is -2.07. The Balaban J connectivity index is 1.83. The molecule has 1 aromatic carbocycles. The molecule has 158 valence electrons. The molecule has 1 amide bonds. The lowest BCUT2D eigenvalue weighted by atomic mass is 9.68. The highest BCUT2D eigenvalue weighted by Gasteiger charge is 2.39. The van der Waals surface area contributed by atoms with Gasteiger partial charge in [0.1, 0.15) is 5.76 Å². The zero-order valence-corrected chi connectivity index (χ0v) is 18.3. The van der Waals surface area contributed by atoms with Crippen molar-refractivity contribution in [3.63, 3.8) is 0 Å². The quantitative estimate of drug-likeness (QED) is 0.591. The van der Waals surface area contributed by atoms with Gasteiger partial charge in [-0.3, -0.25) is 4.79 Å². The van der Waals surface area contributed by atoms with Crippen LogP contribution in [-0.2, 0) is 21.5 Å². The number of amides is 1. The fourth-order valence-corrected chi connectivity index (χ4v) is 4.38. The minimum Gasteiger partial charge on any atom is -0.467 e. The van der Waals surface area contributed by atoms with Crippen LogP contribution in [-0.4, -0.2) is 30.1 Å². The highest BCUT2D eigenvalue weighted by molar-refractivity contribution is 5.75. The van der Waals surface area contributed by atoms with Crippen LogP contribution in [0.25, 0.3) is 0 Å². The van der Waals surface area contributed by atoms with Crippen LogP contribution in [0.1, 0.15) is 63.3 Å². The molecule has 0 bridgehead atoms. The number of hydrogen-bond donors (Lipinski definition) is 0. The van der Waals surface area contributed by atoms with Crippen LogP contribution in [0.15, 0.2) is 47.1 Å². The molecule has 0 radical (unpaired) electrons. The molecule has 2 heterocycles. The average molecular weight is 398 g/mol. The van der Waals surface area contributed by atoms with Crippen molar-refractivity contribution in [2.75, 3.05) is 13.2 Å². The Morgan fingerprint density at radius 1 is 1.24 bits per heavy atom. The molecule has 4 heteroatoms. The number of nitrogens with zero attached hydrogens (tertiary/aromatic N) is 1. The predicted molar refractivity (Wildman–Crippen MR) is 116 cm³/mol. The summed E-state index contributed by atoms with van der Waals surface area (Å²) in [6.07, 6.45) is 5.37. The summed E-state index contributed by atoms with van der Waals surface area (Å²) in [5.74, 6) is 1.49. The Kier molecular flexibility index (Phi) is 7.18. The van der Waals surface area contributed by atoms with Gasteiger partial charge in [-0.2, -0.15) is 0 Å². The minimum absolute atomic E-state index is 0.0380. The number of furan rings is 1. The second kappa shape index (κ2) is 9.62. The van der Waals surface area contributed by atoms with Gasteiger partial charge in [0.15, 0.2) is 0 Å². The van der Waals surface area contributed by atoms with Crippen molar-refractivity contribution >= 4 is 5.91 Å². The van der Waals surface area contributed by atoms with E-state index >= 15 is 0 Å². The number of ether oxygens (including phenoxy) is 1. The molecular weight excluding hydrogens is 362 g/mol. The lowest BCUT2D eigenvalue weighted by molar-refractivity contribution is -0.132. The Bertz CT molecular complexity index is 766. The monoisotopic (exact) mass is 397 g/mol. The van der Waals surface area contributed by atoms with Gasteiger partial charge in [0.05, 0.1) is 18.9 Å². The standard InChI is InChI=1S/C25H35NO3/c1-5-24(27)26(18-22-7-6-15-28-22)14-12-25(21-10-8-20(4)9-11-21)13-16-29-23(17-25)19(2)3/h6-11,15,19,23H,5,12-14,16-18H2,1-4H3/t23-,25+/m0/s1. The van der Waals surface area contributed by atoms with Gasteiger partial charge in [0.25, 0.3) is 0 Å². The van der Waals surface area contributed by atoms with Gasteiger partial charge in [-0.15, -0.1) is 0 Å². The zero-order chi connectivity index (χ0) is 20.9. The first-order valence-corrected chi connectivity index (χ1v) is 10.9. The van der Waals surface area contributed by atoms with Gasteiger partial charge in [-0.1, -0.05) is 50.6 Å². The topological polar surface area (TPSA) is 42.7 Å². The number of aryl methyl sites for hydroxylation is 1. The van der Waals surface area contributed by atoms with Crippen molar-refractivity contribution in [2.24, 2.45) is 5.92 Å². The van der Waals surface area contributed by atoms with Crippen molar-refractivity contribution in [1.29, 1.82) is 0 Å². The van der Waals surface area contributed by atoms with E-state index < -0.39 is 0 Å². The highest BCUT2D eigenvalue weighted by Crippen LogP contribution is 2.42.